The average Bonchev–Trinajstić information content (AvgIpc) is 3.05. The molecule has 1 amide bonds. The number of thiazole rings is 1. The lowest BCUT2D eigenvalue weighted by Gasteiger charge is -2.24. The van der Waals surface area contributed by atoms with Gasteiger partial charge < -0.3 is 9.47 Å². The molecule has 0 saturated carbocycles. The summed E-state index contributed by atoms with van der Waals surface area (Å²) in [5.41, 5.74) is 2.75. The summed E-state index contributed by atoms with van der Waals surface area (Å²) in [4.78, 5) is 20.5. The lowest BCUT2D eigenvalue weighted by Crippen LogP contribution is -2.31. The van der Waals surface area contributed by atoms with Crippen LogP contribution < -0.4 is 0 Å². The minimum absolute atomic E-state index is 0.0150. The molecule has 2 aromatic heterocycles. The maximum absolute atomic E-state index is 12.9. The van der Waals surface area contributed by atoms with Crippen molar-refractivity contribution in [3.05, 3.63) is 51.6 Å². The molecule has 3 aromatic rings. The van der Waals surface area contributed by atoms with Crippen LogP contribution in [0, 0.1) is 13.8 Å². The number of benzene rings is 1. The molecule has 0 bridgehead atoms. The highest BCUT2D eigenvalue weighted by Crippen LogP contribution is 2.28. The smallest absolute Gasteiger partial charge is 0.270 e. The maximum Gasteiger partial charge on any atom is 0.270 e. The Balaban J connectivity index is 1.95. The van der Waals surface area contributed by atoms with E-state index in [4.69, 9.17) is 0 Å². The van der Waals surface area contributed by atoms with Crippen LogP contribution in [0.2, 0.25) is 0 Å². The van der Waals surface area contributed by atoms with Crippen LogP contribution >= 0.6 is 11.3 Å². The van der Waals surface area contributed by atoms with Gasteiger partial charge >= 0.3 is 0 Å². The van der Waals surface area contributed by atoms with Gasteiger partial charge in [0.2, 0.25) is 0 Å². The van der Waals surface area contributed by atoms with E-state index >= 15 is 0 Å². The van der Waals surface area contributed by atoms with Gasteiger partial charge in [-0.05, 0) is 32.9 Å². The van der Waals surface area contributed by atoms with Crippen molar-refractivity contribution < 1.29 is 4.79 Å². The molecule has 0 aliphatic carbocycles. The number of amides is 1. The van der Waals surface area contributed by atoms with Crippen LogP contribution in [0.3, 0.4) is 0 Å². The molecule has 1 aromatic carbocycles. The summed E-state index contributed by atoms with van der Waals surface area (Å²) < 4.78 is 1.96. The van der Waals surface area contributed by atoms with Gasteiger partial charge in [0.1, 0.15) is 5.69 Å². The molecule has 2 heterocycles. The van der Waals surface area contributed by atoms with E-state index < -0.39 is 0 Å². The largest absolute Gasteiger partial charge is 0.340 e. The molecule has 0 N–H and O–H groups in total. The van der Waals surface area contributed by atoms with Crippen molar-refractivity contribution in [2.75, 3.05) is 7.05 Å². The van der Waals surface area contributed by atoms with E-state index in [-0.39, 0.29) is 11.9 Å². The van der Waals surface area contributed by atoms with E-state index in [1.165, 1.54) is 4.88 Å². The molecule has 5 heteroatoms. The van der Waals surface area contributed by atoms with E-state index in [2.05, 4.69) is 11.9 Å². The molecule has 0 unspecified atom stereocenters. The van der Waals surface area contributed by atoms with Crippen molar-refractivity contribution >= 4 is 28.1 Å². The standard InChI is InChI=1S/C18H21N3OS/c1-11(17-12(2)23-13(3)19-17)20(4)18(22)16-10-14-8-6-7-9-15(14)21(16)5/h6-11H,1-5H3/t11-/m1/s1. The molecular formula is C18H21N3OS. The summed E-state index contributed by atoms with van der Waals surface area (Å²) in [6, 6.07) is 9.95. The van der Waals surface area contributed by atoms with Crippen molar-refractivity contribution in [2.45, 2.75) is 26.8 Å². The number of carbonyl (C=O) groups excluding carboxylic acids is 1. The first-order chi connectivity index (χ1) is 10.9. The number of hydrogen-bond acceptors (Lipinski definition) is 3. The van der Waals surface area contributed by atoms with Gasteiger partial charge in [0.25, 0.3) is 5.91 Å². The Kier molecular flexibility index (Phi) is 3.98. The molecular weight excluding hydrogens is 306 g/mol. The zero-order valence-electron chi connectivity index (χ0n) is 14.1. The normalized spacial score (nSPS) is 12.6. The Morgan fingerprint density at radius 3 is 2.61 bits per heavy atom. The summed E-state index contributed by atoms with van der Waals surface area (Å²) in [5.74, 6) is 0.0150. The fourth-order valence-corrected chi connectivity index (χ4v) is 3.87. The SMILES string of the molecule is Cc1nc([C@@H](C)N(C)C(=O)c2cc3ccccc3n2C)c(C)s1. The Morgan fingerprint density at radius 1 is 1.30 bits per heavy atom. The summed E-state index contributed by atoms with van der Waals surface area (Å²) >= 11 is 1.68. The molecule has 0 saturated heterocycles. The highest BCUT2D eigenvalue weighted by molar-refractivity contribution is 7.11. The maximum atomic E-state index is 12.9. The predicted molar refractivity (Wildman–Crippen MR) is 95.0 cm³/mol. The Hall–Kier alpha value is -2.14. The van der Waals surface area contributed by atoms with Crippen LogP contribution in [0.25, 0.3) is 10.9 Å². The zero-order chi connectivity index (χ0) is 16.7. The van der Waals surface area contributed by atoms with Crippen LogP contribution in [0.4, 0.5) is 0 Å². The van der Waals surface area contributed by atoms with E-state index in [0.29, 0.717) is 5.69 Å². The molecule has 0 aliphatic rings. The van der Waals surface area contributed by atoms with Crippen molar-refractivity contribution in [1.82, 2.24) is 14.5 Å². The van der Waals surface area contributed by atoms with Crippen LogP contribution in [-0.4, -0.2) is 27.4 Å². The molecule has 23 heavy (non-hydrogen) atoms. The van der Waals surface area contributed by atoms with Crippen molar-refractivity contribution in [2.24, 2.45) is 7.05 Å². The number of fused-ring (bicyclic) bond motifs is 1. The lowest BCUT2D eigenvalue weighted by molar-refractivity contribution is 0.0730. The number of aromatic nitrogens is 2. The number of para-hydroxylation sites is 1. The van der Waals surface area contributed by atoms with Gasteiger partial charge in [-0.15, -0.1) is 11.3 Å². The third-order valence-electron chi connectivity index (χ3n) is 4.41. The summed E-state index contributed by atoms with van der Waals surface area (Å²) in [6.45, 7) is 6.09. The third-order valence-corrected chi connectivity index (χ3v) is 5.31. The Morgan fingerprint density at radius 2 is 2.00 bits per heavy atom. The number of rotatable bonds is 3. The summed E-state index contributed by atoms with van der Waals surface area (Å²) in [7, 11) is 3.78. The van der Waals surface area contributed by atoms with E-state index in [0.717, 1.165) is 21.6 Å². The van der Waals surface area contributed by atoms with Gasteiger partial charge in [0, 0.05) is 29.9 Å². The number of aryl methyl sites for hydroxylation is 3. The quantitative estimate of drug-likeness (QED) is 0.727. The highest BCUT2D eigenvalue weighted by Gasteiger charge is 2.24. The van der Waals surface area contributed by atoms with Gasteiger partial charge in [-0.3, -0.25) is 4.79 Å². The molecule has 120 valence electrons. The first-order valence-corrected chi connectivity index (χ1v) is 8.47. The van der Waals surface area contributed by atoms with Crippen LogP contribution in [0.5, 0.6) is 0 Å². The molecule has 0 fully saturated rings. The average molecular weight is 327 g/mol. The Bertz CT molecular complexity index is 878. The van der Waals surface area contributed by atoms with E-state index in [1.807, 2.05) is 62.8 Å². The minimum atomic E-state index is -0.0505. The van der Waals surface area contributed by atoms with Gasteiger partial charge in [0.15, 0.2) is 0 Å². The van der Waals surface area contributed by atoms with Crippen LogP contribution in [0.1, 0.15) is 39.0 Å². The molecule has 4 nitrogen and oxygen atoms in total. The topological polar surface area (TPSA) is 38.1 Å². The number of hydrogen-bond donors (Lipinski definition) is 0. The Labute approximate surface area is 140 Å². The van der Waals surface area contributed by atoms with Crippen LogP contribution in [-0.2, 0) is 7.05 Å². The highest BCUT2D eigenvalue weighted by atomic mass is 32.1. The summed E-state index contributed by atoms with van der Waals surface area (Å²) in [6.07, 6.45) is 0. The molecule has 0 radical (unpaired) electrons. The van der Waals surface area contributed by atoms with Crippen molar-refractivity contribution in [1.29, 1.82) is 0 Å². The molecule has 0 aliphatic heterocycles. The second-order valence-electron chi connectivity index (χ2n) is 5.91. The van der Waals surface area contributed by atoms with Gasteiger partial charge in [-0.25, -0.2) is 4.98 Å². The molecule has 1 atom stereocenters. The fourth-order valence-electron chi connectivity index (χ4n) is 2.97. The van der Waals surface area contributed by atoms with Gasteiger partial charge in [-0.2, -0.15) is 0 Å². The third kappa shape index (κ3) is 2.65. The lowest BCUT2D eigenvalue weighted by atomic mass is 10.2. The first kappa shape index (κ1) is 15.7. The number of carbonyl (C=O) groups is 1. The van der Waals surface area contributed by atoms with Crippen LogP contribution in [0.15, 0.2) is 30.3 Å². The second-order valence-corrected chi connectivity index (χ2v) is 7.32. The van der Waals surface area contributed by atoms with Gasteiger partial charge in [-0.1, -0.05) is 18.2 Å². The number of nitrogens with zero attached hydrogens (tertiary/aromatic N) is 3. The second kappa shape index (κ2) is 5.81. The van der Waals surface area contributed by atoms with Crippen molar-refractivity contribution in [3.63, 3.8) is 0 Å². The molecule has 0 spiro atoms. The van der Waals surface area contributed by atoms with Crippen molar-refractivity contribution in [3.8, 4) is 0 Å². The summed E-state index contributed by atoms with van der Waals surface area (Å²) in [5, 5.41) is 2.12. The van der Waals surface area contributed by atoms with E-state index in [9.17, 15) is 4.79 Å². The zero-order valence-corrected chi connectivity index (χ0v) is 14.9. The first-order valence-electron chi connectivity index (χ1n) is 7.65. The monoisotopic (exact) mass is 327 g/mol. The predicted octanol–water partition coefficient (Wildman–Crippen LogP) is 4.08. The fraction of sp³-hybridized carbons (Fsp3) is 0.333. The minimum Gasteiger partial charge on any atom is -0.340 e. The van der Waals surface area contributed by atoms with E-state index in [1.54, 1.807) is 16.2 Å². The molecule has 3 rings (SSSR count). The van der Waals surface area contributed by atoms with Gasteiger partial charge in [0.05, 0.1) is 16.7 Å².